The Hall–Kier alpha value is -3.45. The van der Waals surface area contributed by atoms with E-state index in [0.717, 1.165) is 16.9 Å². The highest BCUT2D eigenvalue weighted by Gasteiger charge is 2.20. The largest absolute Gasteiger partial charge is 0.492 e. The van der Waals surface area contributed by atoms with E-state index >= 15 is 0 Å². The van der Waals surface area contributed by atoms with E-state index < -0.39 is 5.97 Å². The summed E-state index contributed by atoms with van der Waals surface area (Å²) in [4.78, 5) is 30.9. The van der Waals surface area contributed by atoms with E-state index in [1.165, 1.54) is 22.2 Å². The SMILES string of the molecule is Cc1ccc(OCCn2cnc3sc(C(=O)OCc4ccccc4)c(C)c3c2=O)cc1. The maximum absolute atomic E-state index is 13.0. The lowest BCUT2D eigenvalue weighted by atomic mass is 10.2. The van der Waals surface area contributed by atoms with Crippen LogP contribution in [0.5, 0.6) is 5.75 Å². The Morgan fingerprint density at radius 3 is 2.55 bits per heavy atom. The summed E-state index contributed by atoms with van der Waals surface area (Å²) in [5, 5.41) is 0.453. The molecular formula is C24H22N2O4S. The standard InChI is InChI=1S/C24H22N2O4S/c1-16-8-10-19(11-9-16)29-13-12-26-15-25-22-20(23(26)27)17(2)21(31-22)24(28)30-14-18-6-4-3-5-7-18/h3-11,15H,12-14H2,1-2H3. The molecule has 0 amide bonds. The minimum absolute atomic E-state index is 0.182. The number of thiophene rings is 1. The Labute approximate surface area is 183 Å². The fraction of sp³-hybridized carbons (Fsp3) is 0.208. The van der Waals surface area contributed by atoms with Gasteiger partial charge in [0.2, 0.25) is 0 Å². The molecule has 0 N–H and O–H groups in total. The number of carbonyl (C=O) groups is 1. The van der Waals surface area contributed by atoms with Gasteiger partial charge in [-0.1, -0.05) is 48.0 Å². The summed E-state index contributed by atoms with van der Waals surface area (Å²) in [6, 6.07) is 17.2. The van der Waals surface area contributed by atoms with Crippen molar-refractivity contribution in [2.75, 3.05) is 6.61 Å². The molecule has 4 rings (SSSR count). The number of hydrogen-bond acceptors (Lipinski definition) is 6. The molecule has 2 aromatic heterocycles. The molecule has 0 fully saturated rings. The third-order valence-electron chi connectivity index (χ3n) is 4.94. The molecular weight excluding hydrogens is 412 g/mol. The molecule has 0 aliphatic rings. The van der Waals surface area contributed by atoms with E-state index in [0.29, 0.717) is 33.8 Å². The van der Waals surface area contributed by atoms with Gasteiger partial charge in [-0.2, -0.15) is 0 Å². The third kappa shape index (κ3) is 4.67. The zero-order valence-electron chi connectivity index (χ0n) is 17.3. The zero-order chi connectivity index (χ0) is 21.8. The second-order valence-electron chi connectivity index (χ2n) is 7.20. The van der Waals surface area contributed by atoms with Gasteiger partial charge in [-0.15, -0.1) is 11.3 Å². The highest BCUT2D eigenvalue weighted by Crippen LogP contribution is 2.27. The first-order valence-electron chi connectivity index (χ1n) is 9.92. The molecule has 0 atom stereocenters. The average Bonchev–Trinajstić information content (AvgIpc) is 3.13. The number of esters is 1. The lowest BCUT2D eigenvalue weighted by molar-refractivity contribution is 0.0478. The van der Waals surface area contributed by atoms with Crippen LogP contribution in [-0.2, 0) is 17.9 Å². The van der Waals surface area contributed by atoms with Crippen LogP contribution in [0.4, 0.5) is 0 Å². The van der Waals surface area contributed by atoms with E-state index in [4.69, 9.17) is 9.47 Å². The molecule has 0 unspecified atom stereocenters. The number of ether oxygens (including phenoxy) is 2. The molecule has 0 aliphatic carbocycles. The summed E-state index contributed by atoms with van der Waals surface area (Å²) in [6.07, 6.45) is 1.50. The van der Waals surface area contributed by atoms with E-state index in [1.54, 1.807) is 6.92 Å². The molecule has 2 aromatic carbocycles. The molecule has 0 bridgehead atoms. The topological polar surface area (TPSA) is 70.4 Å². The van der Waals surface area contributed by atoms with Crippen LogP contribution < -0.4 is 10.3 Å². The summed E-state index contributed by atoms with van der Waals surface area (Å²) in [6.45, 7) is 4.65. The summed E-state index contributed by atoms with van der Waals surface area (Å²) in [7, 11) is 0. The molecule has 0 radical (unpaired) electrons. The number of hydrogen-bond donors (Lipinski definition) is 0. The predicted molar refractivity (Wildman–Crippen MR) is 121 cm³/mol. The van der Waals surface area contributed by atoms with Crippen LogP contribution in [0.2, 0.25) is 0 Å². The molecule has 158 valence electrons. The minimum Gasteiger partial charge on any atom is -0.492 e. The zero-order valence-corrected chi connectivity index (χ0v) is 18.1. The molecule has 0 spiro atoms. The van der Waals surface area contributed by atoms with Crippen molar-refractivity contribution in [1.82, 2.24) is 9.55 Å². The van der Waals surface area contributed by atoms with Crippen molar-refractivity contribution >= 4 is 27.5 Å². The second kappa shape index (κ2) is 9.14. The monoisotopic (exact) mass is 434 g/mol. The first kappa shape index (κ1) is 20.8. The van der Waals surface area contributed by atoms with Crippen LogP contribution in [0.15, 0.2) is 65.7 Å². The van der Waals surface area contributed by atoms with Gasteiger partial charge in [0.1, 0.15) is 28.7 Å². The normalized spacial score (nSPS) is 10.9. The lowest BCUT2D eigenvalue weighted by Crippen LogP contribution is -2.23. The van der Waals surface area contributed by atoms with E-state index in [1.807, 2.05) is 61.5 Å². The fourth-order valence-electron chi connectivity index (χ4n) is 3.20. The molecule has 0 saturated carbocycles. The minimum atomic E-state index is -0.446. The van der Waals surface area contributed by atoms with E-state index in [2.05, 4.69) is 4.98 Å². The highest BCUT2D eigenvalue weighted by molar-refractivity contribution is 7.20. The molecule has 6 nitrogen and oxygen atoms in total. The fourth-order valence-corrected chi connectivity index (χ4v) is 4.23. The third-order valence-corrected chi connectivity index (χ3v) is 6.12. The first-order chi connectivity index (χ1) is 15.0. The van der Waals surface area contributed by atoms with Gasteiger partial charge < -0.3 is 9.47 Å². The number of aryl methyl sites for hydroxylation is 2. The van der Waals surface area contributed by atoms with Crippen LogP contribution in [0.25, 0.3) is 10.2 Å². The van der Waals surface area contributed by atoms with Crippen molar-refractivity contribution < 1.29 is 14.3 Å². The summed E-state index contributed by atoms with van der Waals surface area (Å²) in [5.41, 5.74) is 2.48. The van der Waals surface area contributed by atoms with Crippen molar-refractivity contribution in [3.8, 4) is 5.75 Å². The predicted octanol–water partition coefficient (Wildman–Crippen LogP) is 4.51. The Balaban J connectivity index is 1.48. The second-order valence-corrected chi connectivity index (χ2v) is 8.20. The summed E-state index contributed by atoms with van der Waals surface area (Å²) in [5.74, 6) is 0.306. The number of aromatic nitrogens is 2. The molecule has 4 aromatic rings. The Morgan fingerprint density at radius 2 is 1.81 bits per heavy atom. The van der Waals surface area contributed by atoms with Crippen molar-refractivity contribution in [3.63, 3.8) is 0 Å². The van der Waals surface area contributed by atoms with Gasteiger partial charge in [0.25, 0.3) is 5.56 Å². The average molecular weight is 435 g/mol. The highest BCUT2D eigenvalue weighted by atomic mass is 32.1. The van der Waals surface area contributed by atoms with Crippen LogP contribution in [0.3, 0.4) is 0 Å². The van der Waals surface area contributed by atoms with Gasteiger partial charge in [0.15, 0.2) is 0 Å². The van der Waals surface area contributed by atoms with Crippen molar-refractivity contribution in [1.29, 1.82) is 0 Å². The quantitative estimate of drug-likeness (QED) is 0.400. The number of fused-ring (bicyclic) bond motifs is 1. The first-order valence-corrected chi connectivity index (χ1v) is 10.7. The number of nitrogens with zero attached hydrogens (tertiary/aromatic N) is 2. The maximum Gasteiger partial charge on any atom is 0.349 e. The maximum atomic E-state index is 13.0. The molecule has 7 heteroatoms. The van der Waals surface area contributed by atoms with Crippen LogP contribution >= 0.6 is 11.3 Å². The van der Waals surface area contributed by atoms with Crippen LogP contribution in [0, 0.1) is 13.8 Å². The van der Waals surface area contributed by atoms with Gasteiger partial charge in [-0.25, -0.2) is 9.78 Å². The molecule has 0 saturated heterocycles. The number of benzene rings is 2. The molecule has 2 heterocycles. The van der Waals surface area contributed by atoms with Crippen LogP contribution in [0.1, 0.15) is 26.4 Å². The van der Waals surface area contributed by atoms with E-state index in [9.17, 15) is 9.59 Å². The summed E-state index contributed by atoms with van der Waals surface area (Å²) >= 11 is 1.18. The van der Waals surface area contributed by atoms with Crippen molar-refractivity contribution in [2.24, 2.45) is 0 Å². The van der Waals surface area contributed by atoms with Gasteiger partial charge in [0, 0.05) is 0 Å². The van der Waals surface area contributed by atoms with Gasteiger partial charge in [0.05, 0.1) is 18.3 Å². The van der Waals surface area contributed by atoms with Crippen LogP contribution in [-0.4, -0.2) is 22.1 Å². The van der Waals surface area contributed by atoms with Gasteiger partial charge >= 0.3 is 5.97 Å². The van der Waals surface area contributed by atoms with Crippen molar-refractivity contribution in [3.05, 3.63) is 92.8 Å². The van der Waals surface area contributed by atoms with Gasteiger partial charge in [-0.05, 0) is 37.1 Å². The Bertz CT molecular complexity index is 1260. The van der Waals surface area contributed by atoms with E-state index in [-0.39, 0.29) is 12.2 Å². The molecule has 31 heavy (non-hydrogen) atoms. The lowest BCUT2D eigenvalue weighted by Gasteiger charge is -2.08. The van der Waals surface area contributed by atoms with Gasteiger partial charge in [-0.3, -0.25) is 9.36 Å². The number of carbonyl (C=O) groups excluding carboxylic acids is 1. The summed E-state index contributed by atoms with van der Waals surface area (Å²) < 4.78 is 12.7. The Kier molecular flexibility index (Phi) is 6.13. The number of rotatable bonds is 7. The smallest absolute Gasteiger partial charge is 0.349 e. The van der Waals surface area contributed by atoms with Crippen molar-refractivity contribution in [2.45, 2.75) is 27.0 Å². The Morgan fingerprint density at radius 1 is 1.06 bits per heavy atom. The molecule has 0 aliphatic heterocycles.